The van der Waals surface area contributed by atoms with Gasteiger partial charge in [-0.3, -0.25) is 9.59 Å². The third kappa shape index (κ3) is 3.92. The van der Waals surface area contributed by atoms with Gasteiger partial charge in [-0.1, -0.05) is 65.4 Å². The number of anilines is 1. The fraction of sp³-hybridized carbons (Fsp3) is 0.292. The number of amides is 1. The number of thioether (sulfide) groups is 1. The Labute approximate surface area is 180 Å². The van der Waals surface area contributed by atoms with Crippen LogP contribution < -0.4 is 10.9 Å². The second-order valence-electron chi connectivity index (χ2n) is 7.96. The standard InChI is InChI=1S/C24H25N3O2S/c1-14-6-5-7-17(11-14)13-30-24-26-23(29)21-19(12-20(28)25-22(21)27(24)4)18-9-8-15(2)10-16(18)3/h5-11,19H,12-13H2,1-4H3,(H,25,28)/t19-/m1/s1. The minimum atomic E-state index is -0.281. The van der Waals surface area contributed by atoms with E-state index in [-0.39, 0.29) is 23.8 Å². The summed E-state index contributed by atoms with van der Waals surface area (Å²) < 4.78 is 1.84. The molecule has 0 fully saturated rings. The normalized spacial score (nSPS) is 15.6. The quantitative estimate of drug-likeness (QED) is 0.501. The number of aromatic nitrogens is 2. The van der Waals surface area contributed by atoms with Crippen molar-refractivity contribution < 1.29 is 4.79 Å². The summed E-state index contributed by atoms with van der Waals surface area (Å²) in [5, 5.41) is 3.52. The maximum atomic E-state index is 13.1. The number of nitrogens with one attached hydrogen (secondary N) is 1. The van der Waals surface area contributed by atoms with Crippen molar-refractivity contribution in [3.05, 3.63) is 86.2 Å². The van der Waals surface area contributed by atoms with E-state index in [1.165, 1.54) is 22.9 Å². The Hall–Kier alpha value is -2.86. The van der Waals surface area contributed by atoms with Crippen LogP contribution in [0.1, 0.15) is 45.7 Å². The Balaban J connectivity index is 1.74. The Morgan fingerprint density at radius 3 is 2.60 bits per heavy atom. The third-order valence-electron chi connectivity index (χ3n) is 5.55. The molecule has 0 saturated heterocycles. The molecule has 3 aromatic rings. The van der Waals surface area contributed by atoms with E-state index in [0.29, 0.717) is 22.3 Å². The van der Waals surface area contributed by atoms with Crippen molar-refractivity contribution in [2.24, 2.45) is 7.05 Å². The molecule has 0 spiro atoms. The number of nitrogens with zero attached hydrogens (tertiary/aromatic N) is 2. The lowest BCUT2D eigenvalue weighted by atomic mass is 9.84. The van der Waals surface area contributed by atoms with Crippen LogP contribution in [0.25, 0.3) is 0 Å². The van der Waals surface area contributed by atoms with Crippen LogP contribution in [0.3, 0.4) is 0 Å². The van der Waals surface area contributed by atoms with Gasteiger partial charge in [-0.25, -0.2) is 0 Å². The zero-order valence-electron chi connectivity index (χ0n) is 17.7. The molecule has 0 aliphatic carbocycles. The van der Waals surface area contributed by atoms with Crippen molar-refractivity contribution in [2.45, 2.75) is 44.0 Å². The van der Waals surface area contributed by atoms with Crippen molar-refractivity contribution >= 4 is 23.5 Å². The average Bonchev–Trinajstić information content (AvgIpc) is 2.69. The summed E-state index contributed by atoms with van der Waals surface area (Å²) in [4.78, 5) is 30.0. The van der Waals surface area contributed by atoms with Crippen LogP contribution in [0.15, 0.2) is 52.4 Å². The van der Waals surface area contributed by atoms with Crippen molar-refractivity contribution in [3.63, 3.8) is 0 Å². The lowest BCUT2D eigenvalue weighted by Crippen LogP contribution is -2.33. The van der Waals surface area contributed by atoms with Crippen LogP contribution in [0.5, 0.6) is 0 Å². The summed E-state index contributed by atoms with van der Waals surface area (Å²) in [5.41, 5.74) is 5.93. The fourth-order valence-corrected chi connectivity index (χ4v) is 5.00. The van der Waals surface area contributed by atoms with E-state index in [9.17, 15) is 9.59 Å². The Kier molecular flexibility index (Phi) is 5.52. The van der Waals surface area contributed by atoms with Crippen LogP contribution in [0, 0.1) is 20.8 Å². The van der Waals surface area contributed by atoms with E-state index < -0.39 is 0 Å². The molecule has 1 N–H and O–H groups in total. The predicted molar refractivity (Wildman–Crippen MR) is 121 cm³/mol. The van der Waals surface area contributed by atoms with Crippen LogP contribution in [-0.4, -0.2) is 15.5 Å². The van der Waals surface area contributed by atoms with Crippen molar-refractivity contribution in [3.8, 4) is 0 Å². The maximum absolute atomic E-state index is 13.1. The number of hydrogen-bond acceptors (Lipinski definition) is 4. The summed E-state index contributed by atoms with van der Waals surface area (Å²) in [6.45, 7) is 6.12. The zero-order chi connectivity index (χ0) is 21.4. The van der Waals surface area contributed by atoms with Crippen molar-refractivity contribution in [1.82, 2.24) is 9.55 Å². The van der Waals surface area contributed by atoms with Crippen LogP contribution >= 0.6 is 11.8 Å². The predicted octanol–water partition coefficient (Wildman–Crippen LogP) is 4.47. The van der Waals surface area contributed by atoms with Gasteiger partial charge in [-0.15, -0.1) is 0 Å². The van der Waals surface area contributed by atoms with E-state index in [2.05, 4.69) is 41.5 Å². The van der Waals surface area contributed by atoms with Gasteiger partial charge in [0.1, 0.15) is 5.82 Å². The SMILES string of the molecule is Cc1cccc(CSc2nc(=O)c3c(n2C)NC(=O)C[C@@H]3c2ccc(C)cc2C)c1. The molecule has 0 radical (unpaired) electrons. The second kappa shape index (κ2) is 8.11. The van der Waals surface area contributed by atoms with E-state index in [1.807, 2.05) is 43.7 Å². The molecule has 0 unspecified atom stereocenters. The first kappa shape index (κ1) is 20.4. The molecule has 0 saturated carbocycles. The fourth-order valence-electron chi connectivity index (χ4n) is 4.10. The molecule has 1 aliphatic rings. The van der Waals surface area contributed by atoms with Crippen LogP contribution in [-0.2, 0) is 17.6 Å². The molecule has 1 atom stereocenters. The molecule has 30 heavy (non-hydrogen) atoms. The number of carbonyl (C=O) groups excluding carboxylic acids is 1. The Morgan fingerprint density at radius 2 is 1.87 bits per heavy atom. The molecule has 5 nitrogen and oxygen atoms in total. The smallest absolute Gasteiger partial charge is 0.279 e. The van der Waals surface area contributed by atoms with Gasteiger partial charge in [0.15, 0.2) is 5.16 Å². The summed E-state index contributed by atoms with van der Waals surface area (Å²) in [5.74, 6) is 0.900. The molecule has 6 heteroatoms. The highest BCUT2D eigenvalue weighted by Crippen LogP contribution is 2.37. The number of aryl methyl sites for hydroxylation is 3. The lowest BCUT2D eigenvalue weighted by molar-refractivity contribution is -0.116. The molecule has 0 bridgehead atoms. The summed E-state index contributed by atoms with van der Waals surface area (Å²) >= 11 is 1.50. The second-order valence-corrected chi connectivity index (χ2v) is 8.91. The largest absolute Gasteiger partial charge is 0.312 e. The Morgan fingerprint density at radius 1 is 1.10 bits per heavy atom. The van der Waals surface area contributed by atoms with Gasteiger partial charge in [-0.2, -0.15) is 4.98 Å². The molecular weight excluding hydrogens is 394 g/mol. The van der Waals surface area contributed by atoms with Crippen molar-refractivity contribution in [1.29, 1.82) is 0 Å². The number of fused-ring (bicyclic) bond motifs is 1. The van der Waals surface area contributed by atoms with Gasteiger partial charge in [0.25, 0.3) is 5.56 Å². The molecule has 2 heterocycles. The zero-order valence-corrected chi connectivity index (χ0v) is 18.5. The van der Waals surface area contributed by atoms with Gasteiger partial charge in [0.05, 0.1) is 5.56 Å². The number of hydrogen-bond donors (Lipinski definition) is 1. The van der Waals surface area contributed by atoms with Crippen molar-refractivity contribution in [2.75, 3.05) is 5.32 Å². The average molecular weight is 420 g/mol. The summed E-state index contributed by atoms with van der Waals surface area (Å²) in [7, 11) is 1.86. The first-order chi connectivity index (χ1) is 14.3. The first-order valence-electron chi connectivity index (χ1n) is 9.99. The van der Waals surface area contributed by atoms with Gasteiger partial charge < -0.3 is 9.88 Å². The van der Waals surface area contributed by atoms with Gasteiger partial charge in [-0.05, 0) is 37.5 Å². The van der Waals surface area contributed by atoms with E-state index >= 15 is 0 Å². The van der Waals surface area contributed by atoms with Gasteiger partial charge in [0, 0.05) is 25.1 Å². The lowest BCUT2D eigenvalue weighted by Gasteiger charge is -2.28. The molecule has 154 valence electrons. The van der Waals surface area contributed by atoms with E-state index in [0.717, 1.165) is 16.7 Å². The summed E-state index contributed by atoms with van der Waals surface area (Å²) in [6.07, 6.45) is 0.254. The molecular formula is C24H25N3O2S. The highest BCUT2D eigenvalue weighted by Gasteiger charge is 2.32. The first-order valence-corrected chi connectivity index (χ1v) is 11.0. The van der Waals surface area contributed by atoms with Gasteiger partial charge >= 0.3 is 0 Å². The number of carbonyl (C=O) groups is 1. The minimum Gasteiger partial charge on any atom is -0.312 e. The molecule has 1 amide bonds. The van der Waals surface area contributed by atoms with E-state index in [1.54, 1.807) is 0 Å². The van der Waals surface area contributed by atoms with Crippen LogP contribution in [0.4, 0.5) is 5.82 Å². The highest BCUT2D eigenvalue weighted by atomic mass is 32.2. The minimum absolute atomic E-state index is 0.0803. The Bertz CT molecular complexity index is 1200. The summed E-state index contributed by atoms with van der Waals surface area (Å²) in [6, 6.07) is 14.4. The molecule has 4 rings (SSSR count). The monoisotopic (exact) mass is 419 g/mol. The third-order valence-corrected chi connectivity index (χ3v) is 6.65. The van der Waals surface area contributed by atoms with Gasteiger partial charge in [0.2, 0.25) is 5.91 Å². The van der Waals surface area contributed by atoms with E-state index in [4.69, 9.17) is 0 Å². The molecule has 2 aromatic carbocycles. The maximum Gasteiger partial charge on any atom is 0.279 e. The topological polar surface area (TPSA) is 64.0 Å². The van der Waals surface area contributed by atoms with Crippen LogP contribution in [0.2, 0.25) is 0 Å². The highest BCUT2D eigenvalue weighted by molar-refractivity contribution is 7.98. The molecule has 1 aromatic heterocycles. The number of rotatable bonds is 4. The molecule has 1 aliphatic heterocycles. The number of benzene rings is 2.